The van der Waals surface area contributed by atoms with Crippen LogP contribution in [-0.2, 0) is 4.79 Å². The third-order valence-corrected chi connectivity index (χ3v) is 6.95. The van der Waals surface area contributed by atoms with Gasteiger partial charge in [0.25, 0.3) is 0 Å². The largest absolute Gasteiger partial charge is 0.494 e. The monoisotopic (exact) mass is 497 g/mol. The van der Waals surface area contributed by atoms with E-state index in [0.29, 0.717) is 18.1 Å². The minimum absolute atomic E-state index is 0.126. The topological polar surface area (TPSA) is 53.6 Å². The van der Waals surface area contributed by atoms with Gasteiger partial charge in [-0.25, -0.2) is 0 Å². The average Bonchev–Trinajstić information content (AvgIpc) is 2.99. The van der Waals surface area contributed by atoms with Gasteiger partial charge in [0, 0.05) is 23.4 Å². The molecule has 5 nitrogen and oxygen atoms in total. The summed E-state index contributed by atoms with van der Waals surface area (Å²) in [5.74, 6) is 0.947. The summed E-state index contributed by atoms with van der Waals surface area (Å²) in [6, 6.07) is 25.6. The van der Waals surface area contributed by atoms with Gasteiger partial charge in [0.1, 0.15) is 5.75 Å². The lowest BCUT2D eigenvalue weighted by molar-refractivity contribution is -0.118. The van der Waals surface area contributed by atoms with E-state index in [1.54, 1.807) is 0 Å². The molecule has 5 rings (SSSR count). The first kappa shape index (κ1) is 24.1. The lowest BCUT2D eigenvalue weighted by atomic mass is 9.73. The van der Waals surface area contributed by atoms with Crippen LogP contribution >= 0.6 is 12.2 Å². The van der Waals surface area contributed by atoms with E-state index in [4.69, 9.17) is 17.0 Å². The van der Waals surface area contributed by atoms with Gasteiger partial charge in [-0.2, -0.15) is 0 Å². The number of nitrogens with one attached hydrogen (secondary N) is 2. The van der Waals surface area contributed by atoms with Crippen molar-refractivity contribution in [1.29, 1.82) is 0 Å². The fourth-order valence-corrected chi connectivity index (χ4v) is 5.47. The molecule has 6 heteroatoms. The molecule has 0 aromatic heterocycles. The third-order valence-electron chi connectivity index (χ3n) is 6.65. The normalized spacial score (nSPS) is 18.5. The van der Waals surface area contributed by atoms with Crippen molar-refractivity contribution in [2.45, 2.75) is 39.7 Å². The quantitative estimate of drug-likeness (QED) is 0.375. The first-order valence-electron chi connectivity index (χ1n) is 12.4. The third kappa shape index (κ3) is 4.73. The predicted molar refractivity (Wildman–Crippen MR) is 151 cm³/mol. The second-order valence-electron chi connectivity index (χ2n) is 10.0. The van der Waals surface area contributed by atoms with Crippen LogP contribution in [0.1, 0.15) is 45.2 Å². The molecular weight excluding hydrogens is 466 g/mol. The van der Waals surface area contributed by atoms with Gasteiger partial charge in [0.2, 0.25) is 0 Å². The molecule has 1 aliphatic carbocycles. The summed E-state index contributed by atoms with van der Waals surface area (Å²) in [5, 5.41) is 7.57. The zero-order valence-electron chi connectivity index (χ0n) is 20.9. The Labute approximate surface area is 218 Å². The van der Waals surface area contributed by atoms with E-state index in [-0.39, 0.29) is 17.2 Å². The van der Waals surface area contributed by atoms with Crippen molar-refractivity contribution in [3.05, 3.63) is 95.7 Å². The van der Waals surface area contributed by atoms with Gasteiger partial charge in [-0.1, -0.05) is 56.3 Å². The van der Waals surface area contributed by atoms with Crippen LogP contribution in [0.25, 0.3) is 0 Å². The fourth-order valence-electron chi connectivity index (χ4n) is 5.14. The smallest absolute Gasteiger partial charge is 0.178 e. The molecule has 3 aromatic rings. The van der Waals surface area contributed by atoms with Crippen molar-refractivity contribution in [1.82, 2.24) is 0 Å². The van der Waals surface area contributed by atoms with Gasteiger partial charge >= 0.3 is 0 Å². The van der Waals surface area contributed by atoms with Crippen LogP contribution in [-0.4, -0.2) is 17.5 Å². The van der Waals surface area contributed by atoms with Crippen LogP contribution in [0.4, 0.5) is 17.1 Å². The molecule has 1 atom stereocenters. The van der Waals surface area contributed by atoms with E-state index in [1.807, 2.05) is 79.7 Å². The highest BCUT2D eigenvalue weighted by atomic mass is 32.1. The van der Waals surface area contributed by atoms with Crippen LogP contribution < -0.4 is 20.3 Å². The van der Waals surface area contributed by atoms with Crippen LogP contribution in [0.2, 0.25) is 0 Å². The average molecular weight is 498 g/mol. The lowest BCUT2D eigenvalue weighted by Crippen LogP contribution is -2.41. The number of ketones is 1. The van der Waals surface area contributed by atoms with Gasteiger partial charge in [-0.15, -0.1) is 0 Å². The number of hydrogen-bond donors (Lipinski definition) is 2. The van der Waals surface area contributed by atoms with Crippen LogP contribution in [0, 0.1) is 5.41 Å². The van der Waals surface area contributed by atoms with Crippen molar-refractivity contribution < 1.29 is 9.53 Å². The van der Waals surface area contributed by atoms with Crippen molar-refractivity contribution in [2.24, 2.45) is 5.41 Å². The number of rotatable bonds is 4. The number of nitrogens with zero attached hydrogens (tertiary/aromatic N) is 1. The molecule has 0 saturated carbocycles. The minimum atomic E-state index is -0.390. The van der Waals surface area contributed by atoms with Gasteiger partial charge < -0.3 is 20.3 Å². The molecule has 3 aromatic carbocycles. The number of ether oxygens (including phenoxy) is 1. The molecule has 0 amide bonds. The molecule has 0 spiro atoms. The maximum absolute atomic E-state index is 13.8. The van der Waals surface area contributed by atoms with Crippen molar-refractivity contribution in [2.75, 3.05) is 22.1 Å². The standard InChI is InChI=1S/C30H31N3O2S/c1-4-35-22-16-14-20(15-17-22)28-27-24(18-30(2,3)19-26(27)34)32-23-12-8-9-13-25(23)33(28)29(36)31-21-10-6-5-7-11-21/h5-17,28,32H,4,18-19H2,1-3H3,(H,31,36)/t28-/m0/s1. The first-order valence-corrected chi connectivity index (χ1v) is 12.8. The van der Waals surface area contributed by atoms with E-state index in [2.05, 4.69) is 35.4 Å². The summed E-state index contributed by atoms with van der Waals surface area (Å²) in [4.78, 5) is 15.9. The van der Waals surface area contributed by atoms with Crippen LogP contribution in [0.15, 0.2) is 90.1 Å². The van der Waals surface area contributed by atoms with Crippen molar-refractivity contribution in [3.8, 4) is 5.75 Å². The molecular formula is C30H31N3O2S. The second-order valence-corrected chi connectivity index (χ2v) is 10.4. The van der Waals surface area contributed by atoms with E-state index in [9.17, 15) is 4.79 Å². The molecule has 0 bridgehead atoms. The molecule has 1 aliphatic heterocycles. The molecule has 0 radical (unpaired) electrons. The number of allylic oxidation sites excluding steroid dienone is 1. The fraction of sp³-hybridized carbons (Fsp3) is 0.267. The van der Waals surface area contributed by atoms with Crippen LogP contribution in [0.3, 0.4) is 0 Å². The zero-order chi connectivity index (χ0) is 25.3. The van der Waals surface area contributed by atoms with Gasteiger partial charge in [-0.3, -0.25) is 4.79 Å². The SMILES string of the molecule is CCOc1ccc([C@H]2C3=C(CC(C)(C)CC3=O)Nc3ccccc3N2C(=S)Nc2ccccc2)cc1. The number of carbonyl (C=O) groups excluding carboxylic acids is 1. The van der Waals surface area contributed by atoms with Gasteiger partial charge in [0.05, 0.1) is 24.0 Å². The molecule has 2 aliphatic rings. The molecule has 184 valence electrons. The summed E-state index contributed by atoms with van der Waals surface area (Å²) in [5.41, 5.74) is 5.34. The summed E-state index contributed by atoms with van der Waals surface area (Å²) in [6.07, 6.45) is 1.27. The number of para-hydroxylation sites is 3. The highest BCUT2D eigenvalue weighted by Gasteiger charge is 2.42. The van der Waals surface area contributed by atoms with E-state index in [1.165, 1.54) is 0 Å². The number of Topliss-reactive ketones (excluding diaryl/α,β-unsaturated/α-hetero) is 1. The van der Waals surface area contributed by atoms with E-state index >= 15 is 0 Å². The summed E-state index contributed by atoms with van der Waals surface area (Å²) >= 11 is 6.04. The Morgan fingerprint density at radius 2 is 1.72 bits per heavy atom. The first-order chi connectivity index (χ1) is 17.4. The Kier molecular flexibility index (Phi) is 6.54. The van der Waals surface area contributed by atoms with Gasteiger partial charge in [-0.05, 0) is 72.9 Å². The predicted octanol–water partition coefficient (Wildman–Crippen LogP) is 7.10. The number of thiocarbonyl (C=S) groups is 1. The number of fused-ring (bicyclic) bond motifs is 1. The minimum Gasteiger partial charge on any atom is -0.494 e. The van der Waals surface area contributed by atoms with E-state index < -0.39 is 0 Å². The number of hydrogen-bond acceptors (Lipinski definition) is 4. The molecule has 2 N–H and O–H groups in total. The van der Waals surface area contributed by atoms with Crippen molar-refractivity contribution in [3.63, 3.8) is 0 Å². The summed E-state index contributed by atoms with van der Waals surface area (Å²) in [6.45, 7) is 6.87. The Hall–Kier alpha value is -3.64. The Bertz CT molecular complexity index is 1320. The number of benzene rings is 3. The highest BCUT2D eigenvalue weighted by molar-refractivity contribution is 7.80. The molecule has 36 heavy (non-hydrogen) atoms. The molecule has 1 heterocycles. The van der Waals surface area contributed by atoms with Gasteiger partial charge in [0.15, 0.2) is 10.9 Å². The molecule has 0 fully saturated rings. The van der Waals surface area contributed by atoms with Crippen molar-refractivity contribution >= 4 is 40.2 Å². The second kappa shape index (κ2) is 9.78. The summed E-state index contributed by atoms with van der Waals surface area (Å²) < 4.78 is 5.69. The number of carbonyl (C=O) groups is 1. The Balaban J connectivity index is 1.70. The molecule has 0 unspecified atom stereocenters. The Morgan fingerprint density at radius 1 is 1.03 bits per heavy atom. The lowest BCUT2D eigenvalue weighted by Gasteiger charge is -2.38. The van der Waals surface area contributed by atoms with Crippen LogP contribution in [0.5, 0.6) is 5.75 Å². The highest BCUT2D eigenvalue weighted by Crippen LogP contribution is 2.48. The van der Waals surface area contributed by atoms with E-state index in [0.717, 1.165) is 46.1 Å². The maximum atomic E-state index is 13.8. The maximum Gasteiger partial charge on any atom is 0.178 e. The number of anilines is 3. The Morgan fingerprint density at radius 3 is 2.44 bits per heavy atom. The molecule has 0 saturated heterocycles. The zero-order valence-corrected chi connectivity index (χ0v) is 21.7. The summed E-state index contributed by atoms with van der Waals surface area (Å²) in [7, 11) is 0.